The zero-order valence-corrected chi connectivity index (χ0v) is 8.41. The molecule has 2 rings (SSSR count). The molecule has 0 aliphatic heterocycles. The first kappa shape index (κ1) is 9.49. The smallest absolute Gasteiger partial charge is 0.260 e. The summed E-state index contributed by atoms with van der Waals surface area (Å²) in [4.78, 5) is 4.04. The Balaban J connectivity index is 1.89. The number of anilines is 1. The summed E-state index contributed by atoms with van der Waals surface area (Å²) < 4.78 is 5.02. The molecule has 78 valence electrons. The van der Waals surface area contributed by atoms with Gasteiger partial charge in [-0.1, -0.05) is 25.7 Å². The molecule has 14 heavy (non-hydrogen) atoms. The Morgan fingerprint density at radius 3 is 2.50 bits per heavy atom. The van der Waals surface area contributed by atoms with Crippen LogP contribution in [0.2, 0.25) is 0 Å². The maximum Gasteiger partial charge on any atom is 0.260 e. The highest BCUT2D eigenvalue weighted by atomic mass is 16.5. The van der Waals surface area contributed by atoms with E-state index in [2.05, 4.69) is 10.1 Å². The highest BCUT2D eigenvalue weighted by molar-refractivity contribution is 5.10. The van der Waals surface area contributed by atoms with Crippen LogP contribution in [0.4, 0.5) is 5.95 Å². The van der Waals surface area contributed by atoms with Gasteiger partial charge in [-0.2, -0.15) is 4.98 Å². The molecule has 2 N–H and O–H groups in total. The van der Waals surface area contributed by atoms with Gasteiger partial charge in [0, 0.05) is 6.42 Å². The lowest BCUT2D eigenvalue weighted by Crippen LogP contribution is -2.03. The molecule has 1 fully saturated rings. The molecule has 4 heteroatoms. The van der Waals surface area contributed by atoms with E-state index in [1.165, 1.54) is 38.5 Å². The molecule has 1 aliphatic carbocycles. The minimum absolute atomic E-state index is 0.258. The van der Waals surface area contributed by atoms with Crippen LogP contribution in [0.25, 0.3) is 0 Å². The van der Waals surface area contributed by atoms with Crippen molar-refractivity contribution in [3.05, 3.63) is 5.89 Å². The SMILES string of the molecule is Nc1noc(CC2CCCCCC2)n1. The van der Waals surface area contributed by atoms with Crippen molar-refractivity contribution >= 4 is 5.95 Å². The molecule has 0 radical (unpaired) electrons. The van der Waals surface area contributed by atoms with E-state index in [1.54, 1.807) is 0 Å². The molecule has 0 atom stereocenters. The fourth-order valence-corrected chi connectivity index (χ4v) is 2.17. The Hall–Kier alpha value is -1.06. The Morgan fingerprint density at radius 2 is 1.93 bits per heavy atom. The third kappa shape index (κ3) is 2.47. The van der Waals surface area contributed by atoms with E-state index >= 15 is 0 Å². The van der Waals surface area contributed by atoms with Crippen LogP contribution in [0.15, 0.2) is 4.52 Å². The van der Waals surface area contributed by atoms with E-state index in [1.807, 2.05) is 0 Å². The van der Waals surface area contributed by atoms with Crippen LogP contribution in [0.1, 0.15) is 44.4 Å². The fraction of sp³-hybridized carbons (Fsp3) is 0.800. The number of nitrogen functional groups attached to an aromatic ring is 1. The van der Waals surface area contributed by atoms with Gasteiger partial charge in [0.15, 0.2) is 0 Å². The van der Waals surface area contributed by atoms with Crippen LogP contribution in [0.5, 0.6) is 0 Å². The lowest BCUT2D eigenvalue weighted by molar-refractivity contribution is 0.339. The standard InChI is InChI=1S/C10H17N3O/c11-10-12-9(14-13-10)7-8-5-3-1-2-4-6-8/h8H,1-7H2,(H2,11,13). The summed E-state index contributed by atoms with van der Waals surface area (Å²) in [5.41, 5.74) is 5.40. The summed E-state index contributed by atoms with van der Waals surface area (Å²) in [6, 6.07) is 0. The van der Waals surface area contributed by atoms with Gasteiger partial charge >= 0.3 is 0 Å². The molecule has 1 aliphatic rings. The van der Waals surface area contributed by atoms with Crippen LogP contribution in [0, 0.1) is 5.92 Å². The number of aromatic nitrogens is 2. The van der Waals surface area contributed by atoms with Gasteiger partial charge in [-0.25, -0.2) is 0 Å². The van der Waals surface area contributed by atoms with Crippen LogP contribution >= 0.6 is 0 Å². The molecule has 0 unspecified atom stereocenters. The van der Waals surface area contributed by atoms with Gasteiger partial charge in [-0.05, 0) is 23.9 Å². The molecule has 0 bridgehead atoms. The summed E-state index contributed by atoms with van der Waals surface area (Å²) in [5, 5.41) is 3.60. The first-order valence-corrected chi connectivity index (χ1v) is 5.42. The zero-order chi connectivity index (χ0) is 9.80. The van der Waals surface area contributed by atoms with Crippen molar-refractivity contribution in [3.8, 4) is 0 Å². The number of hydrogen-bond acceptors (Lipinski definition) is 4. The molecule has 1 aromatic rings. The van der Waals surface area contributed by atoms with Gasteiger partial charge in [-0.3, -0.25) is 0 Å². The first-order chi connectivity index (χ1) is 6.84. The average Bonchev–Trinajstić information content (AvgIpc) is 2.43. The van der Waals surface area contributed by atoms with E-state index in [4.69, 9.17) is 10.3 Å². The average molecular weight is 195 g/mol. The van der Waals surface area contributed by atoms with Crippen molar-refractivity contribution in [2.24, 2.45) is 5.92 Å². The highest BCUT2D eigenvalue weighted by Crippen LogP contribution is 2.25. The van der Waals surface area contributed by atoms with E-state index < -0.39 is 0 Å². The van der Waals surface area contributed by atoms with Gasteiger partial charge in [0.25, 0.3) is 5.95 Å². The lowest BCUT2D eigenvalue weighted by Gasteiger charge is -2.09. The van der Waals surface area contributed by atoms with Crippen molar-refractivity contribution in [2.75, 3.05) is 5.73 Å². The van der Waals surface area contributed by atoms with E-state index in [0.29, 0.717) is 5.89 Å². The second kappa shape index (κ2) is 4.44. The minimum atomic E-state index is 0.258. The Bertz CT molecular complexity index is 277. The van der Waals surface area contributed by atoms with Crippen molar-refractivity contribution in [1.29, 1.82) is 0 Å². The lowest BCUT2D eigenvalue weighted by atomic mass is 9.97. The summed E-state index contributed by atoms with van der Waals surface area (Å²) in [6.07, 6.45) is 8.93. The normalized spacial score (nSPS) is 19.4. The fourth-order valence-electron chi connectivity index (χ4n) is 2.17. The van der Waals surface area contributed by atoms with Gasteiger partial charge in [0.05, 0.1) is 0 Å². The minimum Gasteiger partial charge on any atom is -0.365 e. The molecule has 0 saturated heterocycles. The predicted octanol–water partition coefficient (Wildman–Crippen LogP) is 2.16. The van der Waals surface area contributed by atoms with E-state index in [-0.39, 0.29) is 5.95 Å². The predicted molar refractivity (Wildman–Crippen MR) is 53.6 cm³/mol. The number of rotatable bonds is 2. The maximum absolute atomic E-state index is 5.40. The van der Waals surface area contributed by atoms with Crippen molar-refractivity contribution in [1.82, 2.24) is 10.1 Å². The topological polar surface area (TPSA) is 64.9 Å². The number of nitrogens with zero attached hydrogens (tertiary/aromatic N) is 2. The highest BCUT2D eigenvalue weighted by Gasteiger charge is 2.15. The van der Waals surface area contributed by atoms with Gasteiger partial charge in [0.1, 0.15) is 0 Å². The van der Waals surface area contributed by atoms with Crippen LogP contribution < -0.4 is 5.73 Å². The summed E-state index contributed by atoms with van der Waals surface area (Å²) in [5.74, 6) is 1.68. The molecule has 0 spiro atoms. The third-order valence-electron chi connectivity index (χ3n) is 2.92. The van der Waals surface area contributed by atoms with Crippen molar-refractivity contribution in [3.63, 3.8) is 0 Å². The van der Waals surface area contributed by atoms with Gasteiger partial charge < -0.3 is 10.3 Å². The Labute approximate surface area is 83.9 Å². The Morgan fingerprint density at radius 1 is 1.21 bits per heavy atom. The van der Waals surface area contributed by atoms with Crippen molar-refractivity contribution in [2.45, 2.75) is 44.9 Å². The molecule has 0 aromatic carbocycles. The van der Waals surface area contributed by atoms with E-state index in [9.17, 15) is 0 Å². The molecule has 0 amide bonds. The summed E-state index contributed by atoms with van der Waals surface area (Å²) >= 11 is 0. The zero-order valence-electron chi connectivity index (χ0n) is 8.41. The first-order valence-electron chi connectivity index (χ1n) is 5.42. The molecule has 1 saturated carbocycles. The van der Waals surface area contributed by atoms with Crippen LogP contribution in [-0.4, -0.2) is 10.1 Å². The third-order valence-corrected chi connectivity index (χ3v) is 2.92. The monoisotopic (exact) mass is 195 g/mol. The second-order valence-electron chi connectivity index (χ2n) is 4.11. The number of nitrogens with two attached hydrogens (primary N) is 1. The summed E-state index contributed by atoms with van der Waals surface area (Å²) in [6.45, 7) is 0. The second-order valence-corrected chi connectivity index (χ2v) is 4.11. The van der Waals surface area contributed by atoms with E-state index in [0.717, 1.165) is 12.3 Å². The largest absolute Gasteiger partial charge is 0.365 e. The molecular formula is C10H17N3O. The van der Waals surface area contributed by atoms with Gasteiger partial charge in [0.2, 0.25) is 5.89 Å². The molecule has 1 heterocycles. The molecule has 1 aromatic heterocycles. The van der Waals surface area contributed by atoms with Crippen LogP contribution in [-0.2, 0) is 6.42 Å². The maximum atomic E-state index is 5.40. The molecule has 4 nitrogen and oxygen atoms in total. The Kier molecular flexibility index (Phi) is 3.01. The number of hydrogen-bond donors (Lipinski definition) is 1. The quantitative estimate of drug-likeness (QED) is 0.734. The summed E-state index contributed by atoms with van der Waals surface area (Å²) in [7, 11) is 0. The van der Waals surface area contributed by atoms with Crippen LogP contribution in [0.3, 0.4) is 0 Å². The van der Waals surface area contributed by atoms with Crippen molar-refractivity contribution < 1.29 is 4.52 Å². The van der Waals surface area contributed by atoms with Gasteiger partial charge in [-0.15, -0.1) is 0 Å². The molecular weight excluding hydrogens is 178 g/mol.